The SMILES string of the molecule is CC[C@H](C)[C@H](N)C(=O)NCC(C)(C)N1CCOCC1. The van der Waals surface area contributed by atoms with Gasteiger partial charge in [0, 0.05) is 25.2 Å². The molecule has 0 aliphatic carbocycles. The zero-order valence-electron chi connectivity index (χ0n) is 12.7. The van der Waals surface area contributed by atoms with E-state index in [1.807, 2.05) is 6.92 Å². The van der Waals surface area contributed by atoms with Crippen LogP contribution in [0.5, 0.6) is 0 Å². The molecule has 1 amide bonds. The molecule has 112 valence electrons. The van der Waals surface area contributed by atoms with Crippen LogP contribution in [0.2, 0.25) is 0 Å². The van der Waals surface area contributed by atoms with Gasteiger partial charge in [-0.3, -0.25) is 9.69 Å². The second-order valence-corrected chi connectivity index (χ2v) is 6.04. The molecule has 19 heavy (non-hydrogen) atoms. The molecule has 1 rings (SSSR count). The summed E-state index contributed by atoms with van der Waals surface area (Å²) in [5, 5.41) is 2.99. The van der Waals surface area contributed by atoms with Gasteiger partial charge < -0.3 is 15.8 Å². The Hall–Kier alpha value is -0.650. The van der Waals surface area contributed by atoms with E-state index in [-0.39, 0.29) is 17.4 Å². The molecule has 1 fully saturated rings. The number of carbonyl (C=O) groups excluding carboxylic acids is 1. The fourth-order valence-electron chi connectivity index (χ4n) is 2.21. The Morgan fingerprint density at radius 1 is 1.42 bits per heavy atom. The van der Waals surface area contributed by atoms with E-state index in [1.54, 1.807) is 0 Å². The zero-order chi connectivity index (χ0) is 14.5. The van der Waals surface area contributed by atoms with Gasteiger partial charge in [0.15, 0.2) is 0 Å². The second kappa shape index (κ2) is 7.22. The number of nitrogens with zero attached hydrogens (tertiary/aromatic N) is 1. The summed E-state index contributed by atoms with van der Waals surface area (Å²) in [6, 6.07) is -0.412. The van der Waals surface area contributed by atoms with E-state index in [1.165, 1.54) is 0 Å². The van der Waals surface area contributed by atoms with Crippen molar-refractivity contribution in [1.82, 2.24) is 10.2 Å². The average molecular weight is 271 g/mol. The highest BCUT2D eigenvalue weighted by atomic mass is 16.5. The van der Waals surface area contributed by atoms with Gasteiger partial charge in [0.25, 0.3) is 0 Å². The van der Waals surface area contributed by atoms with Gasteiger partial charge in [-0.15, -0.1) is 0 Å². The van der Waals surface area contributed by atoms with Crippen LogP contribution in [0, 0.1) is 5.92 Å². The Balaban J connectivity index is 2.43. The number of morpholine rings is 1. The summed E-state index contributed by atoms with van der Waals surface area (Å²) in [5.74, 6) is 0.169. The summed E-state index contributed by atoms with van der Waals surface area (Å²) in [6.45, 7) is 12.3. The molecule has 1 saturated heterocycles. The van der Waals surface area contributed by atoms with Crippen LogP contribution >= 0.6 is 0 Å². The Labute approximate surface area is 116 Å². The smallest absolute Gasteiger partial charge is 0.237 e. The third-order valence-electron chi connectivity index (χ3n) is 4.12. The van der Waals surface area contributed by atoms with Crippen LogP contribution in [0.25, 0.3) is 0 Å². The van der Waals surface area contributed by atoms with Gasteiger partial charge >= 0.3 is 0 Å². The molecule has 5 heteroatoms. The minimum atomic E-state index is -0.412. The normalized spacial score (nSPS) is 20.9. The van der Waals surface area contributed by atoms with Crippen molar-refractivity contribution in [2.75, 3.05) is 32.8 Å². The molecule has 5 nitrogen and oxygen atoms in total. The molecular formula is C14H29N3O2. The Morgan fingerprint density at radius 2 is 2.00 bits per heavy atom. The maximum absolute atomic E-state index is 12.0. The average Bonchev–Trinajstić information content (AvgIpc) is 2.44. The fourth-order valence-corrected chi connectivity index (χ4v) is 2.21. The maximum Gasteiger partial charge on any atom is 0.237 e. The Kier molecular flexibility index (Phi) is 6.23. The van der Waals surface area contributed by atoms with E-state index in [0.29, 0.717) is 6.54 Å². The third-order valence-corrected chi connectivity index (χ3v) is 4.12. The first-order valence-corrected chi connectivity index (χ1v) is 7.24. The molecule has 1 aliphatic rings. The van der Waals surface area contributed by atoms with E-state index < -0.39 is 6.04 Å². The van der Waals surface area contributed by atoms with Crippen LogP contribution < -0.4 is 11.1 Å². The highest BCUT2D eigenvalue weighted by Gasteiger charge is 2.29. The van der Waals surface area contributed by atoms with Crippen molar-refractivity contribution in [2.24, 2.45) is 11.7 Å². The Bertz CT molecular complexity index is 288. The number of nitrogens with two attached hydrogens (primary N) is 1. The molecule has 1 aliphatic heterocycles. The molecule has 0 bridgehead atoms. The lowest BCUT2D eigenvalue weighted by atomic mass is 9.98. The largest absolute Gasteiger partial charge is 0.379 e. The molecule has 3 N–H and O–H groups in total. The van der Waals surface area contributed by atoms with Crippen LogP contribution in [-0.4, -0.2) is 55.2 Å². The van der Waals surface area contributed by atoms with Crippen LogP contribution in [0.4, 0.5) is 0 Å². The van der Waals surface area contributed by atoms with Crippen molar-refractivity contribution in [3.63, 3.8) is 0 Å². The van der Waals surface area contributed by atoms with Crippen molar-refractivity contribution in [3.05, 3.63) is 0 Å². The van der Waals surface area contributed by atoms with Gasteiger partial charge in [0.2, 0.25) is 5.91 Å². The summed E-state index contributed by atoms with van der Waals surface area (Å²) >= 11 is 0. The Morgan fingerprint density at radius 3 is 2.53 bits per heavy atom. The molecule has 2 atom stereocenters. The predicted octanol–water partition coefficient (Wildman–Crippen LogP) is 0.587. The summed E-state index contributed by atoms with van der Waals surface area (Å²) in [4.78, 5) is 14.3. The lowest BCUT2D eigenvalue weighted by Gasteiger charge is -2.41. The number of amides is 1. The number of carbonyl (C=O) groups is 1. The highest BCUT2D eigenvalue weighted by molar-refractivity contribution is 5.81. The summed E-state index contributed by atoms with van der Waals surface area (Å²) in [6.07, 6.45) is 0.918. The monoisotopic (exact) mass is 271 g/mol. The van der Waals surface area contributed by atoms with Crippen LogP contribution in [0.15, 0.2) is 0 Å². The number of hydrogen-bond acceptors (Lipinski definition) is 4. The lowest BCUT2D eigenvalue weighted by molar-refractivity contribution is -0.124. The quantitative estimate of drug-likeness (QED) is 0.742. The van der Waals surface area contributed by atoms with E-state index in [9.17, 15) is 4.79 Å². The van der Waals surface area contributed by atoms with Gasteiger partial charge in [-0.25, -0.2) is 0 Å². The number of rotatable bonds is 6. The molecule has 0 aromatic carbocycles. The minimum absolute atomic E-state index is 0.0457. The maximum atomic E-state index is 12.0. The van der Waals surface area contributed by atoms with E-state index in [4.69, 9.17) is 10.5 Å². The topological polar surface area (TPSA) is 67.6 Å². The second-order valence-electron chi connectivity index (χ2n) is 6.04. The molecule has 0 spiro atoms. The summed E-state index contributed by atoms with van der Waals surface area (Å²) in [5.41, 5.74) is 5.87. The third kappa shape index (κ3) is 4.75. The van der Waals surface area contributed by atoms with E-state index in [2.05, 4.69) is 31.0 Å². The first kappa shape index (κ1) is 16.4. The van der Waals surface area contributed by atoms with Gasteiger partial charge in [0.05, 0.1) is 19.3 Å². The van der Waals surface area contributed by atoms with Crippen LogP contribution in [0.3, 0.4) is 0 Å². The number of hydrogen-bond donors (Lipinski definition) is 2. The summed E-state index contributed by atoms with van der Waals surface area (Å²) in [7, 11) is 0. The van der Waals surface area contributed by atoms with Crippen molar-refractivity contribution >= 4 is 5.91 Å². The van der Waals surface area contributed by atoms with Crippen molar-refractivity contribution in [2.45, 2.75) is 45.7 Å². The molecule has 0 aromatic heterocycles. The molecular weight excluding hydrogens is 242 g/mol. The van der Waals surface area contributed by atoms with Crippen molar-refractivity contribution < 1.29 is 9.53 Å². The van der Waals surface area contributed by atoms with Gasteiger partial charge in [-0.2, -0.15) is 0 Å². The molecule has 0 unspecified atom stereocenters. The molecule has 0 saturated carbocycles. The van der Waals surface area contributed by atoms with Gasteiger partial charge in [-0.1, -0.05) is 20.3 Å². The van der Waals surface area contributed by atoms with Crippen molar-refractivity contribution in [1.29, 1.82) is 0 Å². The standard InChI is InChI=1S/C14H29N3O2/c1-5-11(2)12(15)13(18)16-10-14(3,4)17-6-8-19-9-7-17/h11-12H,5-10,15H2,1-4H3,(H,16,18)/t11-,12-/m0/s1. The predicted molar refractivity (Wildman–Crippen MR) is 76.9 cm³/mol. The van der Waals surface area contributed by atoms with E-state index in [0.717, 1.165) is 32.7 Å². The molecule has 0 aromatic rings. The summed E-state index contributed by atoms with van der Waals surface area (Å²) < 4.78 is 5.36. The van der Waals surface area contributed by atoms with Crippen LogP contribution in [-0.2, 0) is 9.53 Å². The fraction of sp³-hybridized carbons (Fsp3) is 0.929. The van der Waals surface area contributed by atoms with Crippen LogP contribution in [0.1, 0.15) is 34.1 Å². The zero-order valence-corrected chi connectivity index (χ0v) is 12.7. The number of nitrogens with one attached hydrogen (secondary N) is 1. The first-order valence-electron chi connectivity index (χ1n) is 7.24. The van der Waals surface area contributed by atoms with Gasteiger partial charge in [0.1, 0.15) is 0 Å². The number of ether oxygens (including phenoxy) is 1. The molecule has 0 radical (unpaired) electrons. The van der Waals surface area contributed by atoms with Crippen molar-refractivity contribution in [3.8, 4) is 0 Å². The minimum Gasteiger partial charge on any atom is -0.379 e. The van der Waals surface area contributed by atoms with E-state index >= 15 is 0 Å². The first-order chi connectivity index (χ1) is 8.88. The van der Waals surface area contributed by atoms with Gasteiger partial charge in [-0.05, 0) is 19.8 Å². The lowest BCUT2D eigenvalue weighted by Crippen LogP contribution is -2.57. The molecule has 1 heterocycles. The highest BCUT2D eigenvalue weighted by Crippen LogP contribution is 2.15.